The third-order valence-corrected chi connectivity index (χ3v) is 8.58. The van der Waals surface area contributed by atoms with Gasteiger partial charge in [-0.05, 0) is 46.5 Å². The fraction of sp³-hybridized carbons (Fsp3) is 0.344. The number of fused-ring (bicyclic) bond motifs is 6. The Labute approximate surface area is 238 Å². The molecule has 0 radical (unpaired) electrons. The first-order valence-electron chi connectivity index (χ1n) is 13.7. The van der Waals surface area contributed by atoms with E-state index in [0.717, 1.165) is 65.1 Å². The Morgan fingerprint density at radius 1 is 0.825 bits per heavy atom. The summed E-state index contributed by atoms with van der Waals surface area (Å²) in [5, 5.41) is 11.7. The summed E-state index contributed by atoms with van der Waals surface area (Å²) in [5.41, 5.74) is 4.44. The van der Waals surface area contributed by atoms with Gasteiger partial charge in [0, 0.05) is 44.3 Å². The molecule has 0 amide bonds. The summed E-state index contributed by atoms with van der Waals surface area (Å²) < 4.78 is 35.9. The fourth-order valence-electron chi connectivity index (χ4n) is 6.69. The van der Waals surface area contributed by atoms with Crippen molar-refractivity contribution >= 4 is 23.3 Å². The zero-order chi connectivity index (χ0) is 26.6. The standard InChI is InChI=1S/C32H31F2N3O2.ClH/c33-32(34)29-22-7-1-3-9-24(22)31(25-10-4-2-8-23(25)30(29)32)37-17-15-36(16-18-37)19-21(38)20-39-28-13-5-12-27-26(28)11-6-14-35-27;/h1-14,21,29-31,38H,15-20H2;1H. The molecule has 1 N–H and O–H groups in total. The van der Waals surface area contributed by atoms with Gasteiger partial charge in [-0.1, -0.05) is 54.6 Å². The molecule has 3 aliphatic rings. The molecule has 1 saturated heterocycles. The Hall–Kier alpha value is -3.10. The van der Waals surface area contributed by atoms with Crippen LogP contribution in [0.2, 0.25) is 0 Å². The summed E-state index contributed by atoms with van der Waals surface area (Å²) in [4.78, 5) is 9.04. The average Bonchev–Trinajstić information content (AvgIpc) is 3.58. The van der Waals surface area contributed by atoms with Gasteiger partial charge in [-0.2, -0.15) is 0 Å². The SMILES string of the molecule is Cl.OC(COc1cccc2ncccc12)CN1CCN(C2c3ccccc3C3C(c4ccccc42)C3(F)F)CC1. The number of β-amino-alcohol motifs (C(OH)–C–C–N with tert-alkyl or cyclic N) is 1. The highest BCUT2D eigenvalue weighted by atomic mass is 35.5. The van der Waals surface area contributed by atoms with E-state index < -0.39 is 23.9 Å². The van der Waals surface area contributed by atoms with Gasteiger partial charge in [0.15, 0.2) is 0 Å². The number of halogens is 3. The minimum atomic E-state index is -2.70. The summed E-state index contributed by atoms with van der Waals surface area (Å²) in [6.45, 7) is 3.89. The first-order valence-corrected chi connectivity index (χ1v) is 13.7. The molecule has 1 saturated carbocycles. The molecule has 1 aliphatic heterocycles. The molecule has 8 heteroatoms. The van der Waals surface area contributed by atoms with Crippen molar-refractivity contribution in [2.24, 2.45) is 0 Å². The van der Waals surface area contributed by atoms with E-state index in [2.05, 4.69) is 14.8 Å². The molecule has 5 nitrogen and oxygen atoms in total. The number of nitrogens with zero attached hydrogens (tertiary/aromatic N) is 3. The molecule has 3 atom stereocenters. The van der Waals surface area contributed by atoms with Crippen molar-refractivity contribution in [2.75, 3.05) is 39.3 Å². The zero-order valence-electron chi connectivity index (χ0n) is 22.0. The van der Waals surface area contributed by atoms with Crippen molar-refractivity contribution in [3.63, 3.8) is 0 Å². The number of aliphatic hydroxyl groups is 1. The minimum absolute atomic E-state index is 0. The predicted octanol–water partition coefficient (Wildman–Crippen LogP) is 5.63. The number of ether oxygens (including phenoxy) is 1. The Bertz CT molecular complexity index is 1450. The van der Waals surface area contributed by atoms with E-state index in [0.29, 0.717) is 6.54 Å². The fourth-order valence-corrected chi connectivity index (χ4v) is 6.69. The number of piperazine rings is 1. The topological polar surface area (TPSA) is 48.8 Å². The second kappa shape index (κ2) is 10.7. The van der Waals surface area contributed by atoms with Crippen LogP contribution in [0.25, 0.3) is 10.9 Å². The van der Waals surface area contributed by atoms with E-state index in [1.165, 1.54) is 0 Å². The summed E-state index contributed by atoms with van der Waals surface area (Å²) >= 11 is 0. The average molecular weight is 564 g/mol. The van der Waals surface area contributed by atoms with Crippen LogP contribution in [0.3, 0.4) is 0 Å². The number of alkyl halides is 2. The molecule has 0 bridgehead atoms. The molecule has 2 aliphatic carbocycles. The zero-order valence-corrected chi connectivity index (χ0v) is 22.8. The maximum atomic E-state index is 15.0. The lowest BCUT2D eigenvalue weighted by Gasteiger charge is -2.41. The van der Waals surface area contributed by atoms with E-state index in [1.807, 2.05) is 78.9 Å². The number of pyridine rings is 1. The molecule has 40 heavy (non-hydrogen) atoms. The number of hydrogen-bond acceptors (Lipinski definition) is 5. The largest absolute Gasteiger partial charge is 0.490 e. The van der Waals surface area contributed by atoms with E-state index in [4.69, 9.17) is 4.74 Å². The summed E-state index contributed by atoms with van der Waals surface area (Å²) in [6, 6.07) is 25.1. The second-order valence-electron chi connectivity index (χ2n) is 10.9. The number of aliphatic hydroxyl groups excluding tert-OH is 1. The Balaban J connectivity index is 0.00000289. The monoisotopic (exact) mass is 563 g/mol. The van der Waals surface area contributed by atoms with Gasteiger partial charge in [0.1, 0.15) is 18.5 Å². The molecule has 208 valence electrons. The minimum Gasteiger partial charge on any atom is -0.490 e. The van der Waals surface area contributed by atoms with Crippen LogP contribution < -0.4 is 4.74 Å². The first-order chi connectivity index (χ1) is 19.0. The number of rotatable bonds is 6. The van der Waals surface area contributed by atoms with E-state index in [1.54, 1.807) is 6.20 Å². The normalized spacial score (nSPS) is 24.1. The van der Waals surface area contributed by atoms with Gasteiger partial charge < -0.3 is 9.84 Å². The molecule has 4 aromatic rings. The van der Waals surface area contributed by atoms with Gasteiger partial charge in [-0.25, -0.2) is 8.78 Å². The maximum absolute atomic E-state index is 15.0. The van der Waals surface area contributed by atoms with Crippen LogP contribution in [-0.4, -0.2) is 71.2 Å². The van der Waals surface area contributed by atoms with Crippen LogP contribution in [0.15, 0.2) is 85.1 Å². The summed E-state index contributed by atoms with van der Waals surface area (Å²) in [5.74, 6) is -3.46. The smallest absolute Gasteiger partial charge is 0.263 e. The van der Waals surface area contributed by atoms with Crippen molar-refractivity contribution in [1.29, 1.82) is 0 Å². The Morgan fingerprint density at radius 2 is 1.45 bits per heavy atom. The summed E-state index contributed by atoms with van der Waals surface area (Å²) in [7, 11) is 0. The predicted molar refractivity (Wildman–Crippen MR) is 154 cm³/mol. The van der Waals surface area contributed by atoms with Crippen LogP contribution in [0.5, 0.6) is 5.75 Å². The lowest BCUT2D eigenvalue weighted by atomic mass is 9.90. The molecular weight excluding hydrogens is 532 g/mol. The highest BCUT2D eigenvalue weighted by Gasteiger charge is 2.71. The third kappa shape index (κ3) is 4.65. The summed E-state index contributed by atoms with van der Waals surface area (Å²) in [6.07, 6.45) is 1.13. The molecule has 2 heterocycles. The number of benzene rings is 3. The van der Waals surface area contributed by atoms with Crippen molar-refractivity contribution < 1.29 is 18.6 Å². The Kier molecular flexibility index (Phi) is 7.25. The molecule has 3 unspecified atom stereocenters. The molecule has 3 aromatic carbocycles. The third-order valence-electron chi connectivity index (χ3n) is 8.58. The van der Waals surface area contributed by atoms with Gasteiger partial charge in [0.05, 0.1) is 23.4 Å². The molecule has 2 fully saturated rings. The molecule has 1 aromatic heterocycles. The van der Waals surface area contributed by atoms with Gasteiger partial charge >= 0.3 is 0 Å². The van der Waals surface area contributed by atoms with Crippen molar-refractivity contribution in [1.82, 2.24) is 14.8 Å². The van der Waals surface area contributed by atoms with Crippen LogP contribution in [0, 0.1) is 0 Å². The highest BCUT2D eigenvalue weighted by Crippen LogP contribution is 2.70. The van der Waals surface area contributed by atoms with Crippen LogP contribution >= 0.6 is 12.4 Å². The molecule has 7 rings (SSSR count). The van der Waals surface area contributed by atoms with Crippen molar-refractivity contribution in [3.05, 3.63) is 107 Å². The Morgan fingerprint density at radius 3 is 2.10 bits per heavy atom. The van der Waals surface area contributed by atoms with E-state index >= 15 is 0 Å². The molecular formula is C32H32ClF2N3O2. The molecule has 0 spiro atoms. The van der Waals surface area contributed by atoms with Crippen LogP contribution in [0.1, 0.15) is 40.1 Å². The maximum Gasteiger partial charge on any atom is 0.263 e. The van der Waals surface area contributed by atoms with Gasteiger partial charge in [-0.3, -0.25) is 14.8 Å². The van der Waals surface area contributed by atoms with Gasteiger partial charge in [0.25, 0.3) is 5.92 Å². The quantitative estimate of drug-likeness (QED) is 0.329. The van der Waals surface area contributed by atoms with Crippen LogP contribution in [-0.2, 0) is 0 Å². The van der Waals surface area contributed by atoms with E-state index in [9.17, 15) is 13.9 Å². The lowest BCUT2D eigenvalue weighted by molar-refractivity contribution is 0.0400. The lowest BCUT2D eigenvalue weighted by Crippen LogP contribution is -2.50. The number of aromatic nitrogens is 1. The van der Waals surface area contributed by atoms with E-state index in [-0.39, 0.29) is 25.1 Å². The highest BCUT2D eigenvalue weighted by molar-refractivity contribution is 5.85. The van der Waals surface area contributed by atoms with Crippen molar-refractivity contribution in [2.45, 2.75) is 29.9 Å². The second-order valence-corrected chi connectivity index (χ2v) is 10.9. The van der Waals surface area contributed by atoms with Crippen molar-refractivity contribution in [3.8, 4) is 5.75 Å². The van der Waals surface area contributed by atoms with Crippen LogP contribution in [0.4, 0.5) is 8.78 Å². The first kappa shape index (κ1) is 27.1. The van der Waals surface area contributed by atoms with Gasteiger partial charge in [-0.15, -0.1) is 12.4 Å². The van der Waals surface area contributed by atoms with Gasteiger partial charge in [0.2, 0.25) is 0 Å². The number of hydrogen-bond donors (Lipinski definition) is 1.